The van der Waals surface area contributed by atoms with E-state index >= 15 is 0 Å². The van der Waals surface area contributed by atoms with Crippen LogP contribution in [0.5, 0.6) is 0 Å². The first-order valence-electron chi connectivity index (χ1n) is 7.31. The van der Waals surface area contributed by atoms with Crippen molar-refractivity contribution in [3.63, 3.8) is 0 Å². The molecule has 0 spiro atoms. The number of rotatable bonds is 4. The zero-order valence-corrected chi connectivity index (χ0v) is 12.5. The lowest BCUT2D eigenvalue weighted by Crippen LogP contribution is -2.56. The number of aromatic nitrogens is 2. The molecule has 1 aromatic heterocycles. The Hall–Kier alpha value is -0.830. The van der Waals surface area contributed by atoms with Gasteiger partial charge in [-0.1, -0.05) is 13.8 Å². The van der Waals surface area contributed by atoms with E-state index in [4.69, 9.17) is 5.73 Å². The van der Waals surface area contributed by atoms with E-state index in [9.17, 15) is 0 Å². The lowest BCUT2D eigenvalue weighted by Gasteiger charge is -2.55. The molecule has 2 N–H and O–H groups in total. The van der Waals surface area contributed by atoms with Crippen molar-refractivity contribution in [1.29, 1.82) is 0 Å². The lowest BCUT2D eigenvalue weighted by atomic mass is 9.52. The number of nitrogens with zero attached hydrogens (tertiary/aromatic N) is 2. The van der Waals surface area contributed by atoms with Crippen LogP contribution in [0.3, 0.4) is 0 Å². The van der Waals surface area contributed by atoms with Gasteiger partial charge in [0.2, 0.25) is 0 Å². The van der Waals surface area contributed by atoms with Crippen molar-refractivity contribution >= 4 is 0 Å². The summed E-state index contributed by atoms with van der Waals surface area (Å²) < 4.78 is 2.13. The molecule has 0 amide bonds. The number of hydrogen-bond acceptors (Lipinski definition) is 2. The normalized spacial score (nSPS) is 26.1. The van der Waals surface area contributed by atoms with Crippen molar-refractivity contribution in [2.45, 2.75) is 72.4 Å². The first-order chi connectivity index (χ1) is 8.51. The molecule has 0 radical (unpaired) electrons. The Labute approximate surface area is 111 Å². The van der Waals surface area contributed by atoms with Crippen LogP contribution < -0.4 is 5.73 Å². The summed E-state index contributed by atoms with van der Waals surface area (Å²) in [6.07, 6.45) is 3.47. The topological polar surface area (TPSA) is 43.8 Å². The summed E-state index contributed by atoms with van der Waals surface area (Å²) in [6, 6.07) is 0.362. The van der Waals surface area contributed by atoms with Crippen LogP contribution in [-0.2, 0) is 6.54 Å². The lowest BCUT2D eigenvalue weighted by molar-refractivity contribution is 0.0430. The second-order valence-corrected chi connectivity index (χ2v) is 5.74. The summed E-state index contributed by atoms with van der Waals surface area (Å²) in [5, 5.41) is 4.67. The maximum absolute atomic E-state index is 6.32. The summed E-state index contributed by atoms with van der Waals surface area (Å²) in [5.41, 5.74) is 10.6. The smallest absolute Gasteiger partial charge is 0.0631 e. The van der Waals surface area contributed by atoms with E-state index in [2.05, 4.69) is 44.4 Å². The summed E-state index contributed by atoms with van der Waals surface area (Å²) >= 11 is 0. The highest BCUT2D eigenvalue weighted by molar-refractivity contribution is 5.35. The molecule has 1 heterocycles. The molecule has 1 fully saturated rings. The van der Waals surface area contributed by atoms with Crippen molar-refractivity contribution in [1.82, 2.24) is 9.78 Å². The summed E-state index contributed by atoms with van der Waals surface area (Å²) in [6.45, 7) is 12.0. The van der Waals surface area contributed by atoms with Crippen molar-refractivity contribution in [2.24, 2.45) is 11.1 Å². The minimum Gasteiger partial charge on any atom is -0.327 e. The molecule has 18 heavy (non-hydrogen) atoms. The molecule has 0 aromatic carbocycles. The second-order valence-electron chi connectivity index (χ2n) is 5.74. The third-order valence-corrected chi connectivity index (χ3v) is 5.32. The standard InChI is InChI=1S/C15H27N3/c1-6-15(7-2)12(9-13(15)16)14-10(4)17-18(8-3)11(14)5/h12-13H,6-9,16H2,1-5H3. The van der Waals surface area contributed by atoms with Gasteiger partial charge in [0.1, 0.15) is 0 Å². The number of hydrogen-bond donors (Lipinski definition) is 1. The summed E-state index contributed by atoms with van der Waals surface area (Å²) in [7, 11) is 0. The van der Waals surface area contributed by atoms with E-state index in [0.29, 0.717) is 17.4 Å². The van der Waals surface area contributed by atoms with Gasteiger partial charge in [0.15, 0.2) is 0 Å². The van der Waals surface area contributed by atoms with E-state index in [1.54, 1.807) is 0 Å². The molecule has 1 aliphatic carbocycles. The highest BCUT2D eigenvalue weighted by Crippen LogP contribution is 2.57. The average molecular weight is 249 g/mol. The third-order valence-electron chi connectivity index (χ3n) is 5.32. The Bertz CT molecular complexity index is 429. The molecule has 1 aromatic rings. The van der Waals surface area contributed by atoms with Gasteiger partial charge in [0, 0.05) is 18.3 Å². The van der Waals surface area contributed by atoms with Crippen molar-refractivity contribution in [3.8, 4) is 0 Å². The molecule has 0 aliphatic heterocycles. The molecule has 3 heteroatoms. The SMILES string of the molecule is CCn1nc(C)c(C2CC(N)C2(CC)CC)c1C. The van der Waals surface area contributed by atoms with Gasteiger partial charge >= 0.3 is 0 Å². The zero-order valence-electron chi connectivity index (χ0n) is 12.5. The number of nitrogens with two attached hydrogens (primary N) is 1. The molecule has 1 aliphatic rings. The van der Waals surface area contributed by atoms with E-state index in [1.165, 1.54) is 29.8 Å². The molecule has 1 saturated carbocycles. The molecule has 2 unspecified atom stereocenters. The van der Waals surface area contributed by atoms with Gasteiger partial charge in [-0.05, 0) is 56.9 Å². The van der Waals surface area contributed by atoms with Gasteiger partial charge in [0.25, 0.3) is 0 Å². The fraction of sp³-hybridized carbons (Fsp3) is 0.800. The molecule has 102 valence electrons. The largest absolute Gasteiger partial charge is 0.327 e. The first kappa shape index (κ1) is 13.6. The Morgan fingerprint density at radius 1 is 1.28 bits per heavy atom. The number of aryl methyl sites for hydroxylation is 2. The third kappa shape index (κ3) is 1.63. The predicted octanol–water partition coefficient (Wildman–Crippen LogP) is 3.14. The van der Waals surface area contributed by atoms with Gasteiger partial charge in [-0.2, -0.15) is 5.10 Å². The highest BCUT2D eigenvalue weighted by atomic mass is 15.3. The summed E-state index contributed by atoms with van der Waals surface area (Å²) in [4.78, 5) is 0. The minimum atomic E-state index is 0.303. The fourth-order valence-electron chi connectivity index (χ4n) is 4.02. The van der Waals surface area contributed by atoms with Gasteiger partial charge < -0.3 is 5.73 Å². The Morgan fingerprint density at radius 2 is 1.89 bits per heavy atom. The van der Waals surface area contributed by atoms with E-state index < -0.39 is 0 Å². The maximum atomic E-state index is 6.32. The van der Waals surface area contributed by atoms with Crippen LogP contribution >= 0.6 is 0 Å². The summed E-state index contributed by atoms with van der Waals surface area (Å²) in [5.74, 6) is 0.614. The van der Waals surface area contributed by atoms with Crippen LogP contribution in [-0.4, -0.2) is 15.8 Å². The van der Waals surface area contributed by atoms with Crippen LogP contribution in [0.4, 0.5) is 0 Å². The van der Waals surface area contributed by atoms with Gasteiger partial charge in [0.05, 0.1) is 5.69 Å². The molecule has 2 atom stereocenters. The molecule has 2 rings (SSSR count). The van der Waals surface area contributed by atoms with Crippen LogP contribution in [0.1, 0.15) is 62.9 Å². The van der Waals surface area contributed by atoms with Crippen LogP contribution in [0.15, 0.2) is 0 Å². The quantitative estimate of drug-likeness (QED) is 0.891. The Kier molecular flexibility index (Phi) is 3.54. The van der Waals surface area contributed by atoms with E-state index in [1.807, 2.05) is 0 Å². The molecular formula is C15H27N3. The van der Waals surface area contributed by atoms with Gasteiger partial charge in [-0.3, -0.25) is 4.68 Å². The fourth-order valence-corrected chi connectivity index (χ4v) is 4.02. The van der Waals surface area contributed by atoms with Crippen LogP contribution in [0.2, 0.25) is 0 Å². The van der Waals surface area contributed by atoms with Crippen molar-refractivity contribution in [2.75, 3.05) is 0 Å². The van der Waals surface area contributed by atoms with Gasteiger partial charge in [-0.25, -0.2) is 0 Å². The van der Waals surface area contributed by atoms with E-state index in [-0.39, 0.29) is 0 Å². The highest BCUT2D eigenvalue weighted by Gasteiger charge is 2.52. The molecule has 3 nitrogen and oxygen atoms in total. The maximum Gasteiger partial charge on any atom is 0.0631 e. The van der Waals surface area contributed by atoms with Crippen LogP contribution in [0, 0.1) is 19.3 Å². The Morgan fingerprint density at radius 3 is 2.28 bits per heavy atom. The first-order valence-corrected chi connectivity index (χ1v) is 7.31. The predicted molar refractivity (Wildman–Crippen MR) is 75.7 cm³/mol. The average Bonchev–Trinajstić information content (AvgIpc) is 2.63. The molecule has 0 saturated heterocycles. The Balaban J connectivity index is 2.41. The monoisotopic (exact) mass is 249 g/mol. The zero-order chi connectivity index (χ0) is 13.5. The minimum absolute atomic E-state index is 0.303. The van der Waals surface area contributed by atoms with Crippen LogP contribution in [0.25, 0.3) is 0 Å². The van der Waals surface area contributed by atoms with E-state index in [0.717, 1.165) is 13.0 Å². The van der Waals surface area contributed by atoms with Crippen molar-refractivity contribution < 1.29 is 0 Å². The second kappa shape index (κ2) is 4.69. The molecule has 0 bridgehead atoms. The molecular weight excluding hydrogens is 222 g/mol. The van der Waals surface area contributed by atoms with Crippen molar-refractivity contribution in [3.05, 3.63) is 17.0 Å². The van der Waals surface area contributed by atoms with Gasteiger partial charge in [-0.15, -0.1) is 0 Å².